The van der Waals surface area contributed by atoms with Gasteiger partial charge in [-0.1, -0.05) is 35.3 Å². The maximum Gasteiger partial charge on any atom is 0.123 e. The van der Waals surface area contributed by atoms with Crippen molar-refractivity contribution in [2.75, 3.05) is 0 Å². The van der Waals surface area contributed by atoms with Crippen LogP contribution in [0.1, 0.15) is 37.2 Å². The molecule has 0 N–H and O–H groups in total. The highest BCUT2D eigenvalue weighted by Crippen LogP contribution is 2.35. The summed E-state index contributed by atoms with van der Waals surface area (Å²) in [6, 6.07) is 9.71. The smallest absolute Gasteiger partial charge is 0.123 e. The second kappa shape index (κ2) is 6.80. The van der Waals surface area contributed by atoms with Gasteiger partial charge in [0.2, 0.25) is 0 Å². The van der Waals surface area contributed by atoms with Gasteiger partial charge in [0.15, 0.2) is 0 Å². The van der Waals surface area contributed by atoms with Crippen molar-refractivity contribution < 1.29 is 4.79 Å². The molecule has 0 saturated heterocycles. The quantitative estimate of drug-likeness (QED) is 0.691. The van der Waals surface area contributed by atoms with E-state index in [1.807, 2.05) is 24.4 Å². The van der Waals surface area contributed by atoms with Crippen LogP contribution < -0.4 is 0 Å². The van der Waals surface area contributed by atoms with Gasteiger partial charge >= 0.3 is 0 Å². The van der Waals surface area contributed by atoms with Gasteiger partial charge in [-0.15, -0.1) is 0 Å². The summed E-state index contributed by atoms with van der Waals surface area (Å²) in [6.07, 6.45) is 7.16. The van der Waals surface area contributed by atoms with E-state index in [-0.39, 0.29) is 5.92 Å². The van der Waals surface area contributed by atoms with Crippen molar-refractivity contribution >= 4 is 29.5 Å². The van der Waals surface area contributed by atoms with E-state index in [0.29, 0.717) is 16.0 Å². The summed E-state index contributed by atoms with van der Waals surface area (Å²) in [5, 5.41) is 1.09. The zero-order valence-electron chi connectivity index (χ0n) is 12.1. The zero-order valence-corrected chi connectivity index (χ0v) is 13.6. The largest absolute Gasteiger partial charge is 0.303 e. The molecule has 0 aliphatic heterocycles. The molecule has 1 aromatic heterocycles. The SMILES string of the molecule is O=C[C@H]1CC[C@H](c2ccc(-c3ccc(Cl)c(Cl)c3)nc2)CC1. The first-order valence-electron chi connectivity index (χ1n) is 7.54. The van der Waals surface area contributed by atoms with Crippen molar-refractivity contribution in [3.63, 3.8) is 0 Å². The number of nitrogens with zero attached hydrogens (tertiary/aromatic N) is 1. The molecule has 0 unspecified atom stereocenters. The minimum Gasteiger partial charge on any atom is -0.303 e. The maximum absolute atomic E-state index is 10.8. The molecule has 0 atom stereocenters. The Balaban J connectivity index is 1.75. The second-order valence-electron chi connectivity index (χ2n) is 5.85. The third-order valence-corrected chi connectivity index (χ3v) is 5.18. The van der Waals surface area contributed by atoms with Crippen LogP contribution >= 0.6 is 23.2 Å². The Morgan fingerprint density at radius 3 is 2.36 bits per heavy atom. The van der Waals surface area contributed by atoms with E-state index in [1.165, 1.54) is 5.56 Å². The molecule has 4 heteroatoms. The van der Waals surface area contributed by atoms with Crippen molar-refractivity contribution in [1.82, 2.24) is 4.98 Å². The first kappa shape index (κ1) is 15.5. The molecule has 1 aromatic carbocycles. The number of rotatable bonds is 3. The first-order valence-corrected chi connectivity index (χ1v) is 8.29. The molecule has 3 rings (SSSR count). The molecule has 1 saturated carbocycles. The first-order chi connectivity index (χ1) is 10.7. The fourth-order valence-electron chi connectivity index (χ4n) is 3.06. The van der Waals surface area contributed by atoms with Crippen LogP contribution in [-0.2, 0) is 4.79 Å². The van der Waals surface area contributed by atoms with Crippen LogP contribution in [0.15, 0.2) is 36.5 Å². The Kier molecular flexibility index (Phi) is 4.80. The summed E-state index contributed by atoms with van der Waals surface area (Å²) in [6.45, 7) is 0. The van der Waals surface area contributed by atoms with Crippen LogP contribution in [0, 0.1) is 5.92 Å². The topological polar surface area (TPSA) is 30.0 Å². The third kappa shape index (κ3) is 3.34. The molecule has 0 radical (unpaired) electrons. The summed E-state index contributed by atoms with van der Waals surface area (Å²) in [4.78, 5) is 15.4. The van der Waals surface area contributed by atoms with Crippen molar-refractivity contribution in [3.8, 4) is 11.3 Å². The van der Waals surface area contributed by atoms with Gasteiger partial charge in [-0.3, -0.25) is 4.98 Å². The van der Waals surface area contributed by atoms with E-state index < -0.39 is 0 Å². The average Bonchev–Trinajstić information content (AvgIpc) is 2.58. The number of hydrogen-bond acceptors (Lipinski definition) is 2. The summed E-state index contributed by atoms with van der Waals surface area (Å²) in [7, 11) is 0. The van der Waals surface area contributed by atoms with E-state index in [0.717, 1.165) is 43.2 Å². The summed E-state index contributed by atoms with van der Waals surface area (Å²) >= 11 is 12.0. The molecular weight excluding hydrogens is 317 g/mol. The number of carbonyl (C=O) groups is 1. The second-order valence-corrected chi connectivity index (χ2v) is 6.67. The van der Waals surface area contributed by atoms with E-state index >= 15 is 0 Å². The Morgan fingerprint density at radius 1 is 1.00 bits per heavy atom. The molecule has 0 bridgehead atoms. The van der Waals surface area contributed by atoms with Gasteiger partial charge in [-0.05, 0) is 55.4 Å². The lowest BCUT2D eigenvalue weighted by Gasteiger charge is -2.25. The van der Waals surface area contributed by atoms with Gasteiger partial charge in [-0.25, -0.2) is 0 Å². The molecule has 1 heterocycles. The van der Waals surface area contributed by atoms with Crippen molar-refractivity contribution in [3.05, 3.63) is 52.1 Å². The summed E-state index contributed by atoms with van der Waals surface area (Å²) in [5.74, 6) is 0.770. The molecule has 0 spiro atoms. The number of pyridine rings is 1. The fourth-order valence-corrected chi connectivity index (χ4v) is 3.36. The average molecular weight is 334 g/mol. The molecule has 0 amide bonds. The molecule has 2 aromatic rings. The van der Waals surface area contributed by atoms with Crippen LogP contribution in [0.2, 0.25) is 10.0 Å². The van der Waals surface area contributed by atoms with Gasteiger partial charge in [-0.2, -0.15) is 0 Å². The molecule has 114 valence electrons. The molecule has 2 nitrogen and oxygen atoms in total. The lowest BCUT2D eigenvalue weighted by molar-refractivity contribution is -0.111. The standard InChI is InChI=1S/C18H17Cl2NO/c19-16-7-5-14(9-17(16)20)18-8-6-15(10-21-18)13-3-1-12(11-22)2-4-13/h5-13H,1-4H2/t12-,13-. The Hall–Kier alpha value is -1.38. The highest BCUT2D eigenvalue weighted by molar-refractivity contribution is 6.42. The number of aromatic nitrogens is 1. The highest BCUT2D eigenvalue weighted by atomic mass is 35.5. The Bertz CT molecular complexity index is 661. The van der Waals surface area contributed by atoms with Gasteiger partial charge in [0, 0.05) is 17.7 Å². The Labute approximate surface area is 140 Å². The molecule has 1 aliphatic carbocycles. The fraction of sp³-hybridized carbons (Fsp3) is 0.333. The van der Waals surface area contributed by atoms with E-state index in [1.54, 1.807) is 6.07 Å². The van der Waals surface area contributed by atoms with Crippen LogP contribution in [0.25, 0.3) is 11.3 Å². The number of benzene rings is 1. The summed E-state index contributed by atoms with van der Waals surface area (Å²) in [5.41, 5.74) is 3.11. The van der Waals surface area contributed by atoms with Crippen LogP contribution in [0.5, 0.6) is 0 Å². The van der Waals surface area contributed by atoms with Crippen LogP contribution in [0.4, 0.5) is 0 Å². The van der Waals surface area contributed by atoms with Gasteiger partial charge in [0.05, 0.1) is 15.7 Å². The molecular formula is C18H17Cl2NO. The van der Waals surface area contributed by atoms with Crippen molar-refractivity contribution in [1.29, 1.82) is 0 Å². The van der Waals surface area contributed by atoms with Gasteiger partial charge in [0.25, 0.3) is 0 Å². The third-order valence-electron chi connectivity index (χ3n) is 4.44. The number of halogens is 2. The summed E-state index contributed by atoms with van der Waals surface area (Å²) < 4.78 is 0. The predicted octanol–water partition coefficient (Wildman–Crippen LogP) is 5.53. The minimum atomic E-state index is 0.250. The van der Waals surface area contributed by atoms with Crippen LogP contribution in [-0.4, -0.2) is 11.3 Å². The lowest BCUT2D eigenvalue weighted by Crippen LogP contribution is -2.14. The van der Waals surface area contributed by atoms with Gasteiger partial charge < -0.3 is 4.79 Å². The van der Waals surface area contributed by atoms with Crippen molar-refractivity contribution in [2.24, 2.45) is 5.92 Å². The van der Waals surface area contributed by atoms with Crippen LogP contribution in [0.3, 0.4) is 0 Å². The zero-order chi connectivity index (χ0) is 15.5. The van der Waals surface area contributed by atoms with E-state index in [9.17, 15) is 4.79 Å². The number of carbonyl (C=O) groups excluding carboxylic acids is 1. The molecule has 1 aliphatic rings. The monoisotopic (exact) mass is 333 g/mol. The number of aldehydes is 1. The molecule has 22 heavy (non-hydrogen) atoms. The highest BCUT2D eigenvalue weighted by Gasteiger charge is 2.22. The molecule has 1 fully saturated rings. The normalized spacial score (nSPS) is 21.5. The van der Waals surface area contributed by atoms with Gasteiger partial charge in [0.1, 0.15) is 6.29 Å². The van der Waals surface area contributed by atoms with E-state index in [4.69, 9.17) is 23.2 Å². The number of hydrogen-bond donors (Lipinski definition) is 0. The van der Waals surface area contributed by atoms with Crippen molar-refractivity contribution in [2.45, 2.75) is 31.6 Å². The maximum atomic E-state index is 10.8. The predicted molar refractivity (Wildman–Crippen MR) is 90.5 cm³/mol. The Morgan fingerprint density at radius 2 is 1.77 bits per heavy atom. The lowest BCUT2D eigenvalue weighted by atomic mass is 9.79. The minimum absolute atomic E-state index is 0.250. The van der Waals surface area contributed by atoms with E-state index in [2.05, 4.69) is 11.1 Å².